The molecule has 1 aliphatic rings. The molecule has 1 aliphatic heterocycles. The van der Waals surface area contributed by atoms with E-state index in [1.54, 1.807) is 0 Å². The van der Waals surface area contributed by atoms with Crippen molar-refractivity contribution >= 4 is 11.8 Å². The van der Waals surface area contributed by atoms with Crippen molar-refractivity contribution in [1.82, 2.24) is 20.6 Å². The molecule has 1 N–H and O–H groups in total. The molecule has 2 rings (SSSR count). The van der Waals surface area contributed by atoms with Gasteiger partial charge >= 0.3 is 0 Å². The van der Waals surface area contributed by atoms with Gasteiger partial charge in [-0.1, -0.05) is 5.21 Å². The van der Waals surface area contributed by atoms with Crippen molar-refractivity contribution in [2.24, 2.45) is 0 Å². The molecule has 1 aromatic rings. The van der Waals surface area contributed by atoms with Gasteiger partial charge in [-0.3, -0.25) is 0 Å². The van der Waals surface area contributed by atoms with Crippen molar-refractivity contribution in [3.63, 3.8) is 0 Å². The fraction of sp³-hybridized carbons (Fsp3) is 0.800. The number of hydrogen-bond acceptors (Lipinski definition) is 4. The van der Waals surface area contributed by atoms with Crippen LogP contribution in [0.4, 0.5) is 0 Å². The molecule has 1 aromatic heterocycles. The lowest BCUT2D eigenvalue weighted by Crippen LogP contribution is -1.90. The van der Waals surface area contributed by atoms with Crippen molar-refractivity contribution in [2.75, 3.05) is 5.75 Å². The van der Waals surface area contributed by atoms with E-state index in [9.17, 15) is 0 Å². The van der Waals surface area contributed by atoms with Crippen LogP contribution in [0.5, 0.6) is 0 Å². The van der Waals surface area contributed by atoms with Gasteiger partial charge in [-0.05, 0) is 18.6 Å². The van der Waals surface area contributed by atoms with Crippen molar-refractivity contribution in [3.05, 3.63) is 5.82 Å². The molecule has 0 aromatic carbocycles. The second-order valence-electron chi connectivity index (χ2n) is 2.27. The number of thioether (sulfide) groups is 1. The first-order valence-corrected chi connectivity index (χ1v) is 4.36. The van der Waals surface area contributed by atoms with E-state index in [0.717, 1.165) is 5.82 Å². The zero-order valence-corrected chi connectivity index (χ0v) is 6.27. The Balaban J connectivity index is 2.12. The highest BCUT2D eigenvalue weighted by molar-refractivity contribution is 7.99. The molecule has 1 saturated heterocycles. The summed E-state index contributed by atoms with van der Waals surface area (Å²) in [6.07, 6.45) is 2.48. The van der Waals surface area contributed by atoms with E-state index >= 15 is 0 Å². The van der Waals surface area contributed by atoms with Crippen molar-refractivity contribution in [2.45, 2.75) is 18.1 Å². The smallest absolute Gasteiger partial charge is 0.177 e. The summed E-state index contributed by atoms with van der Waals surface area (Å²) < 4.78 is 0. The first-order valence-electron chi connectivity index (χ1n) is 3.32. The van der Waals surface area contributed by atoms with Gasteiger partial charge in [0.05, 0.1) is 5.25 Å². The molecule has 0 aliphatic carbocycles. The molecule has 4 nitrogen and oxygen atoms in total. The second kappa shape index (κ2) is 2.57. The van der Waals surface area contributed by atoms with E-state index in [1.807, 2.05) is 11.8 Å². The van der Waals surface area contributed by atoms with E-state index in [4.69, 9.17) is 0 Å². The second-order valence-corrected chi connectivity index (χ2v) is 3.58. The zero-order chi connectivity index (χ0) is 6.81. The van der Waals surface area contributed by atoms with Crippen LogP contribution >= 0.6 is 11.8 Å². The van der Waals surface area contributed by atoms with Crippen LogP contribution in [-0.2, 0) is 0 Å². The van der Waals surface area contributed by atoms with Crippen LogP contribution < -0.4 is 0 Å². The standard InChI is InChI=1S/C5H8N4S/c1-2-4(10-3-1)5-6-8-9-7-5/h4H,1-3H2,(H,6,7,8,9)/t4-/m1/s1. The van der Waals surface area contributed by atoms with Gasteiger partial charge in [-0.2, -0.15) is 17.0 Å². The maximum atomic E-state index is 3.93. The average molecular weight is 156 g/mol. The highest BCUT2D eigenvalue weighted by Gasteiger charge is 2.20. The van der Waals surface area contributed by atoms with Crippen LogP contribution in [0.2, 0.25) is 0 Å². The summed E-state index contributed by atoms with van der Waals surface area (Å²) in [4.78, 5) is 0. The van der Waals surface area contributed by atoms with Gasteiger partial charge < -0.3 is 0 Å². The van der Waals surface area contributed by atoms with E-state index in [1.165, 1.54) is 18.6 Å². The number of aromatic amines is 1. The Labute approximate surface area is 62.8 Å². The molecule has 0 spiro atoms. The molecule has 5 heteroatoms. The summed E-state index contributed by atoms with van der Waals surface area (Å²) in [7, 11) is 0. The molecular formula is C5H8N4S. The van der Waals surface area contributed by atoms with Crippen LogP contribution in [0.3, 0.4) is 0 Å². The summed E-state index contributed by atoms with van der Waals surface area (Å²) in [5.41, 5.74) is 0. The highest BCUT2D eigenvalue weighted by Crippen LogP contribution is 2.37. The monoisotopic (exact) mass is 156 g/mol. The number of nitrogens with zero attached hydrogens (tertiary/aromatic N) is 3. The Hall–Kier alpha value is -0.580. The zero-order valence-electron chi connectivity index (χ0n) is 5.45. The topological polar surface area (TPSA) is 54.5 Å². The minimum Gasteiger partial charge on any atom is -0.177 e. The number of aromatic nitrogens is 4. The van der Waals surface area contributed by atoms with Gasteiger partial charge in [0.2, 0.25) is 0 Å². The number of hydrogen-bond donors (Lipinski definition) is 1. The van der Waals surface area contributed by atoms with Crippen molar-refractivity contribution in [3.8, 4) is 0 Å². The molecule has 2 heterocycles. The third-order valence-electron chi connectivity index (χ3n) is 1.58. The quantitative estimate of drug-likeness (QED) is 0.652. The average Bonchev–Trinajstić information content (AvgIpc) is 2.59. The van der Waals surface area contributed by atoms with Gasteiger partial charge in [0.25, 0.3) is 0 Å². The van der Waals surface area contributed by atoms with E-state index < -0.39 is 0 Å². The maximum absolute atomic E-state index is 3.93. The molecule has 1 atom stereocenters. The fourth-order valence-corrected chi connectivity index (χ4v) is 2.29. The molecule has 10 heavy (non-hydrogen) atoms. The lowest BCUT2D eigenvalue weighted by Gasteiger charge is -1.98. The first-order chi connectivity index (χ1) is 4.97. The van der Waals surface area contributed by atoms with Crippen LogP contribution in [0, 0.1) is 0 Å². The SMILES string of the molecule is C1CS[C@@H](c2nn[nH]n2)C1. The van der Waals surface area contributed by atoms with Gasteiger partial charge in [0.1, 0.15) is 0 Å². The maximum Gasteiger partial charge on any atom is 0.187 e. The predicted molar refractivity (Wildman–Crippen MR) is 38.6 cm³/mol. The number of H-pyrrole nitrogens is 1. The molecular weight excluding hydrogens is 148 g/mol. The lowest BCUT2D eigenvalue weighted by atomic mass is 10.2. The summed E-state index contributed by atoms with van der Waals surface area (Å²) in [6, 6.07) is 0. The number of tetrazole rings is 1. The third kappa shape index (κ3) is 1.01. The Morgan fingerprint density at radius 1 is 1.60 bits per heavy atom. The highest BCUT2D eigenvalue weighted by atomic mass is 32.2. The Morgan fingerprint density at radius 3 is 3.20 bits per heavy atom. The van der Waals surface area contributed by atoms with Crippen LogP contribution in [0.1, 0.15) is 23.9 Å². The molecule has 0 unspecified atom stereocenters. The Morgan fingerprint density at radius 2 is 2.60 bits per heavy atom. The van der Waals surface area contributed by atoms with Gasteiger partial charge in [0.15, 0.2) is 5.82 Å². The van der Waals surface area contributed by atoms with Gasteiger partial charge in [0, 0.05) is 0 Å². The molecule has 54 valence electrons. The molecule has 0 bridgehead atoms. The predicted octanol–water partition coefficient (Wildman–Crippen LogP) is 0.768. The lowest BCUT2D eigenvalue weighted by molar-refractivity contribution is 0.780. The summed E-state index contributed by atoms with van der Waals surface area (Å²) in [5.74, 6) is 2.10. The van der Waals surface area contributed by atoms with E-state index in [-0.39, 0.29) is 0 Å². The number of nitrogens with one attached hydrogen (secondary N) is 1. The summed E-state index contributed by atoms with van der Waals surface area (Å²) >= 11 is 1.92. The van der Waals surface area contributed by atoms with Gasteiger partial charge in [-0.25, -0.2) is 0 Å². The first kappa shape index (κ1) is 6.15. The molecule has 0 radical (unpaired) electrons. The van der Waals surface area contributed by atoms with E-state index in [0.29, 0.717) is 5.25 Å². The summed E-state index contributed by atoms with van der Waals surface area (Å²) in [5, 5.41) is 14.3. The molecule has 0 saturated carbocycles. The van der Waals surface area contributed by atoms with Crippen LogP contribution in [0.25, 0.3) is 0 Å². The fourth-order valence-electron chi connectivity index (χ4n) is 1.09. The molecule has 1 fully saturated rings. The third-order valence-corrected chi connectivity index (χ3v) is 2.95. The Kier molecular flexibility index (Phi) is 1.58. The normalized spacial score (nSPS) is 25.4. The summed E-state index contributed by atoms with van der Waals surface area (Å²) in [6.45, 7) is 0. The minimum atomic E-state index is 0.499. The number of rotatable bonds is 1. The van der Waals surface area contributed by atoms with E-state index in [2.05, 4.69) is 20.6 Å². The molecule has 0 amide bonds. The minimum absolute atomic E-state index is 0.499. The van der Waals surface area contributed by atoms with Crippen LogP contribution in [0.15, 0.2) is 0 Å². The Bertz CT molecular complexity index is 191. The van der Waals surface area contributed by atoms with Crippen LogP contribution in [-0.4, -0.2) is 26.4 Å². The van der Waals surface area contributed by atoms with Gasteiger partial charge in [-0.15, -0.1) is 10.2 Å². The van der Waals surface area contributed by atoms with Crippen molar-refractivity contribution < 1.29 is 0 Å². The van der Waals surface area contributed by atoms with Crippen molar-refractivity contribution in [1.29, 1.82) is 0 Å². The largest absolute Gasteiger partial charge is 0.187 e.